The van der Waals surface area contributed by atoms with Crippen LogP contribution in [-0.2, 0) is 21.6 Å². The Kier molecular flexibility index (Phi) is 5.44. The standard InChI is InChI=1S/C23H27N3O4S/c27-21(16-4-3-10-26(15-16)20-5-1-2-9-24-20)25-11-7-23(8-12-25)17-14-19(22(28)29)31-18(17)6-13-30-23/h1-2,5,9,14,16H,3-4,6-8,10-13,15H2,(H,28,29). The Bertz CT molecular complexity index is 968. The number of nitrogens with zero attached hydrogens (tertiary/aromatic N) is 3. The Morgan fingerprint density at radius 2 is 2.06 bits per heavy atom. The van der Waals surface area contributed by atoms with E-state index in [4.69, 9.17) is 4.74 Å². The number of anilines is 1. The van der Waals surface area contributed by atoms with Gasteiger partial charge in [0, 0.05) is 43.7 Å². The van der Waals surface area contributed by atoms with E-state index in [1.165, 1.54) is 11.3 Å². The minimum Gasteiger partial charge on any atom is -0.477 e. The molecule has 2 aromatic heterocycles. The number of likely N-dealkylation sites (tertiary alicyclic amines) is 1. The highest BCUT2D eigenvalue weighted by Gasteiger charge is 2.44. The van der Waals surface area contributed by atoms with Crippen LogP contribution in [0.5, 0.6) is 0 Å². The number of amides is 1. The van der Waals surface area contributed by atoms with Crippen molar-refractivity contribution in [2.75, 3.05) is 37.7 Å². The van der Waals surface area contributed by atoms with Gasteiger partial charge >= 0.3 is 5.97 Å². The van der Waals surface area contributed by atoms with E-state index in [-0.39, 0.29) is 11.8 Å². The highest BCUT2D eigenvalue weighted by molar-refractivity contribution is 7.14. The maximum absolute atomic E-state index is 13.3. The first-order valence-electron chi connectivity index (χ1n) is 11.0. The monoisotopic (exact) mass is 441 g/mol. The van der Waals surface area contributed by atoms with E-state index < -0.39 is 11.6 Å². The zero-order chi connectivity index (χ0) is 21.4. The summed E-state index contributed by atoms with van der Waals surface area (Å²) >= 11 is 1.37. The smallest absolute Gasteiger partial charge is 0.345 e. The molecule has 2 aromatic rings. The van der Waals surface area contributed by atoms with Gasteiger partial charge in [0.2, 0.25) is 5.91 Å². The van der Waals surface area contributed by atoms with Crippen LogP contribution in [0.2, 0.25) is 0 Å². The second kappa shape index (κ2) is 8.24. The van der Waals surface area contributed by atoms with Gasteiger partial charge in [-0.25, -0.2) is 9.78 Å². The lowest BCUT2D eigenvalue weighted by Gasteiger charge is -2.45. The number of piperidine rings is 2. The molecule has 5 rings (SSSR count). The molecule has 2 fully saturated rings. The molecule has 0 saturated carbocycles. The highest BCUT2D eigenvalue weighted by Crippen LogP contribution is 2.45. The zero-order valence-electron chi connectivity index (χ0n) is 17.5. The van der Waals surface area contributed by atoms with Crippen molar-refractivity contribution in [1.29, 1.82) is 0 Å². The lowest BCUT2D eigenvalue weighted by molar-refractivity contribution is -0.144. The summed E-state index contributed by atoms with van der Waals surface area (Å²) in [4.78, 5) is 34.9. The van der Waals surface area contributed by atoms with Crippen molar-refractivity contribution in [2.45, 2.75) is 37.7 Å². The third-order valence-electron chi connectivity index (χ3n) is 6.84. The Labute approximate surface area is 185 Å². The van der Waals surface area contributed by atoms with Gasteiger partial charge in [0.15, 0.2) is 0 Å². The largest absolute Gasteiger partial charge is 0.477 e. The van der Waals surface area contributed by atoms with E-state index in [9.17, 15) is 14.7 Å². The van der Waals surface area contributed by atoms with E-state index in [2.05, 4.69) is 9.88 Å². The van der Waals surface area contributed by atoms with Crippen molar-refractivity contribution in [3.05, 3.63) is 45.8 Å². The first-order valence-corrected chi connectivity index (χ1v) is 11.8. The summed E-state index contributed by atoms with van der Waals surface area (Å²) < 4.78 is 6.23. The summed E-state index contributed by atoms with van der Waals surface area (Å²) in [7, 11) is 0. The Hall–Kier alpha value is -2.45. The minimum atomic E-state index is -0.878. The second-order valence-electron chi connectivity index (χ2n) is 8.64. The van der Waals surface area contributed by atoms with Crippen LogP contribution in [0.15, 0.2) is 30.5 Å². The van der Waals surface area contributed by atoms with Gasteiger partial charge in [-0.2, -0.15) is 0 Å². The number of hydrogen-bond acceptors (Lipinski definition) is 6. The number of carbonyl (C=O) groups excluding carboxylic acids is 1. The van der Waals surface area contributed by atoms with Crippen molar-refractivity contribution in [2.24, 2.45) is 5.92 Å². The first kappa shape index (κ1) is 20.5. The SMILES string of the molecule is O=C(O)c1cc2c(s1)CCOC21CCN(C(=O)C2CCCN(c3ccccn3)C2)CC1. The number of carbonyl (C=O) groups is 2. The van der Waals surface area contributed by atoms with Crippen molar-refractivity contribution in [3.63, 3.8) is 0 Å². The summed E-state index contributed by atoms with van der Waals surface area (Å²) in [6, 6.07) is 7.69. The van der Waals surface area contributed by atoms with Crippen LogP contribution in [0.4, 0.5) is 5.82 Å². The molecule has 0 bridgehead atoms. The van der Waals surface area contributed by atoms with Crippen LogP contribution < -0.4 is 4.90 Å². The van der Waals surface area contributed by atoms with Gasteiger partial charge in [0.05, 0.1) is 18.1 Å². The molecule has 3 aliphatic rings. The van der Waals surface area contributed by atoms with Crippen molar-refractivity contribution in [3.8, 4) is 0 Å². The Morgan fingerprint density at radius 1 is 1.23 bits per heavy atom. The average Bonchev–Trinajstić information content (AvgIpc) is 3.27. The van der Waals surface area contributed by atoms with Crippen LogP contribution >= 0.6 is 11.3 Å². The third kappa shape index (κ3) is 3.83. The van der Waals surface area contributed by atoms with Gasteiger partial charge in [-0.3, -0.25) is 4.79 Å². The average molecular weight is 442 g/mol. The topological polar surface area (TPSA) is 83.0 Å². The van der Waals surface area contributed by atoms with Gasteiger partial charge < -0.3 is 19.6 Å². The molecule has 1 unspecified atom stereocenters. The molecule has 5 heterocycles. The van der Waals surface area contributed by atoms with E-state index in [0.29, 0.717) is 31.1 Å². The molecule has 0 aliphatic carbocycles. The number of hydrogen-bond donors (Lipinski definition) is 1. The van der Waals surface area contributed by atoms with E-state index in [1.54, 1.807) is 12.3 Å². The first-order chi connectivity index (χ1) is 15.1. The number of carboxylic acid groups (broad SMARTS) is 1. The van der Waals surface area contributed by atoms with Crippen LogP contribution in [0.25, 0.3) is 0 Å². The van der Waals surface area contributed by atoms with E-state index in [0.717, 1.165) is 54.9 Å². The molecule has 1 atom stereocenters. The summed E-state index contributed by atoms with van der Waals surface area (Å²) in [5, 5.41) is 9.39. The van der Waals surface area contributed by atoms with Crippen molar-refractivity contribution >= 4 is 29.0 Å². The fourth-order valence-electron chi connectivity index (χ4n) is 5.21. The van der Waals surface area contributed by atoms with Crippen LogP contribution in [0, 0.1) is 5.92 Å². The predicted octanol–water partition coefficient (Wildman–Crippen LogP) is 3.15. The summed E-state index contributed by atoms with van der Waals surface area (Å²) in [5.41, 5.74) is 0.591. The number of rotatable bonds is 3. The lowest BCUT2D eigenvalue weighted by Crippen LogP contribution is -2.51. The highest BCUT2D eigenvalue weighted by atomic mass is 32.1. The minimum absolute atomic E-state index is 0.00704. The number of thiophene rings is 1. The van der Waals surface area contributed by atoms with Gasteiger partial charge in [0.25, 0.3) is 0 Å². The molecule has 0 aromatic carbocycles. The predicted molar refractivity (Wildman–Crippen MR) is 118 cm³/mol. The molecule has 2 saturated heterocycles. The summed E-state index contributed by atoms with van der Waals surface area (Å²) in [5.74, 6) is 0.278. The molecule has 164 valence electrons. The van der Waals surface area contributed by atoms with Gasteiger partial charge in [0.1, 0.15) is 10.7 Å². The number of aromatic carboxylic acids is 1. The molecular formula is C23H27N3O4S. The molecule has 1 spiro atoms. The molecule has 3 aliphatic heterocycles. The summed E-state index contributed by atoms with van der Waals surface area (Å²) in [6.45, 7) is 3.56. The normalized spacial score (nSPS) is 22.9. The molecule has 1 N–H and O–H groups in total. The van der Waals surface area contributed by atoms with Crippen LogP contribution in [0.1, 0.15) is 45.8 Å². The third-order valence-corrected chi connectivity index (χ3v) is 8.03. The molecule has 1 amide bonds. The second-order valence-corrected chi connectivity index (χ2v) is 9.78. The fourth-order valence-corrected chi connectivity index (χ4v) is 6.28. The zero-order valence-corrected chi connectivity index (χ0v) is 18.3. The Balaban J connectivity index is 1.26. The molecule has 7 nitrogen and oxygen atoms in total. The molecule has 8 heteroatoms. The molecule has 0 radical (unpaired) electrons. The quantitative estimate of drug-likeness (QED) is 0.788. The maximum atomic E-state index is 13.3. The number of aromatic nitrogens is 1. The number of ether oxygens (including phenoxy) is 1. The number of carboxylic acids is 1. The lowest BCUT2D eigenvalue weighted by atomic mass is 9.81. The Morgan fingerprint density at radius 3 is 2.81 bits per heavy atom. The maximum Gasteiger partial charge on any atom is 0.345 e. The summed E-state index contributed by atoms with van der Waals surface area (Å²) in [6.07, 6.45) is 5.91. The van der Waals surface area contributed by atoms with Crippen molar-refractivity contribution < 1.29 is 19.4 Å². The fraction of sp³-hybridized carbons (Fsp3) is 0.522. The van der Waals surface area contributed by atoms with E-state index >= 15 is 0 Å². The number of pyridine rings is 1. The molecule has 31 heavy (non-hydrogen) atoms. The van der Waals surface area contributed by atoms with Crippen LogP contribution in [-0.4, -0.2) is 59.7 Å². The molecular weight excluding hydrogens is 414 g/mol. The van der Waals surface area contributed by atoms with Gasteiger partial charge in [-0.15, -0.1) is 11.3 Å². The van der Waals surface area contributed by atoms with Crippen molar-refractivity contribution in [1.82, 2.24) is 9.88 Å². The van der Waals surface area contributed by atoms with Gasteiger partial charge in [-0.05, 0) is 49.4 Å². The van der Waals surface area contributed by atoms with E-state index in [1.807, 2.05) is 23.1 Å². The number of fused-ring (bicyclic) bond motifs is 2. The van der Waals surface area contributed by atoms with Crippen LogP contribution in [0.3, 0.4) is 0 Å². The van der Waals surface area contributed by atoms with Gasteiger partial charge in [-0.1, -0.05) is 6.07 Å².